The molecule has 8 nitrogen and oxygen atoms in total. The Hall–Kier alpha value is -2.68. The van der Waals surface area contributed by atoms with E-state index in [1.165, 1.54) is 18.3 Å². The van der Waals surface area contributed by atoms with Crippen LogP contribution in [0.1, 0.15) is 46.0 Å². The summed E-state index contributed by atoms with van der Waals surface area (Å²) in [5, 5.41) is 7.62. The van der Waals surface area contributed by atoms with Crippen molar-refractivity contribution in [2.45, 2.75) is 47.2 Å². The van der Waals surface area contributed by atoms with Gasteiger partial charge in [-0.15, -0.1) is 11.3 Å². The molecule has 2 aromatic rings. The summed E-state index contributed by atoms with van der Waals surface area (Å²) in [6, 6.07) is 1.90. The van der Waals surface area contributed by atoms with Crippen molar-refractivity contribution in [3.63, 3.8) is 0 Å². The number of rotatable bonds is 5. The molecule has 0 spiro atoms. The molecule has 0 unspecified atom stereocenters. The molecule has 3 heterocycles. The number of carbonyl (C=O) groups is 3. The number of hydrogen-bond acceptors (Lipinski definition) is 6. The molecule has 0 atom stereocenters. The van der Waals surface area contributed by atoms with E-state index in [-0.39, 0.29) is 25.0 Å². The molecule has 3 rings (SSSR count). The molecular formula is C19H24N4O4S. The van der Waals surface area contributed by atoms with E-state index in [2.05, 4.69) is 10.4 Å². The Bertz CT molecular complexity index is 931. The summed E-state index contributed by atoms with van der Waals surface area (Å²) in [7, 11) is 0. The van der Waals surface area contributed by atoms with Crippen LogP contribution in [-0.2, 0) is 33.8 Å². The van der Waals surface area contributed by atoms with E-state index in [1.54, 1.807) is 16.5 Å². The van der Waals surface area contributed by atoms with Crippen molar-refractivity contribution in [2.75, 3.05) is 18.5 Å². The van der Waals surface area contributed by atoms with Crippen LogP contribution in [0.2, 0.25) is 0 Å². The molecule has 28 heavy (non-hydrogen) atoms. The van der Waals surface area contributed by atoms with Crippen LogP contribution < -0.4 is 5.32 Å². The molecule has 0 aliphatic carbocycles. The third kappa shape index (κ3) is 4.09. The normalized spacial score (nSPS) is 13.2. The number of amides is 2. The SMILES string of the molecule is CCOC(=O)c1c(NC(=O)Cn2nc(C)cc2C)sc2c1CCN(C(C)=O)C2. The summed E-state index contributed by atoms with van der Waals surface area (Å²) in [6.07, 6.45) is 0.562. The number of esters is 1. The van der Waals surface area contributed by atoms with E-state index in [0.717, 1.165) is 21.8 Å². The molecule has 0 saturated carbocycles. The standard InChI is InChI=1S/C19H24N4O4S/c1-5-27-19(26)17-14-6-7-22(13(4)24)9-15(14)28-18(17)20-16(25)10-23-12(3)8-11(2)21-23/h8H,5-7,9-10H2,1-4H3,(H,20,25). The molecule has 9 heteroatoms. The number of aryl methyl sites for hydroxylation is 2. The summed E-state index contributed by atoms with van der Waals surface area (Å²) in [5.74, 6) is -0.719. The first kappa shape index (κ1) is 20.1. The molecule has 0 saturated heterocycles. The maximum absolute atomic E-state index is 12.6. The van der Waals surface area contributed by atoms with Gasteiger partial charge in [-0.05, 0) is 38.8 Å². The number of thiophene rings is 1. The highest BCUT2D eigenvalue weighted by Crippen LogP contribution is 2.37. The quantitative estimate of drug-likeness (QED) is 0.772. The second kappa shape index (κ2) is 8.14. The van der Waals surface area contributed by atoms with E-state index < -0.39 is 5.97 Å². The zero-order valence-electron chi connectivity index (χ0n) is 16.5. The van der Waals surface area contributed by atoms with Gasteiger partial charge in [0.25, 0.3) is 0 Å². The minimum Gasteiger partial charge on any atom is -0.462 e. The molecule has 0 bridgehead atoms. The van der Waals surface area contributed by atoms with Gasteiger partial charge in [0.2, 0.25) is 11.8 Å². The Morgan fingerprint density at radius 2 is 2.07 bits per heavy atom. The summed E-state index contributed by atoms with van der Waals surface area (Å²) in [4.78, 5) is 39.5. The largest absolute Gasteiger partial charge is 0.462 e. The van der Waals surface area contributed by atoms with Crippen molar-refractivity contribution in [1.29, 1.82) is 0 Å². The van der Waals surface area contributed by atoms with Crippen molar-refractivity contribution >= 4 is 34.1 Å². The van der Waals surface area contributed by atoms with Gasteiger partial charge in [0.1, 0.15) is 11.5 Å². The average molecular weight is 404 g/mol. The summed E-state index contributed by atoms with van der Waals surface area (Å²) >= 11 is 1.33. The minimum atomic E-state index is -0.447. The van der Waals surface area contributed by atoms with Gasteiger partial charge in [0.05, 0.1) is 24.4 Å². The minimum absolute atomic E-state index is 0.00755. The lowest BCUT2D eigenvalue weighted by atomic mass is 10.0. The van der Waals surface area contributed by atoms with Crippen molar-refractivity contribution in [3.8, 4) is 0 Å². The smallest absolute Gasteiger partial charge is 0.341 e. The van der Waals surface area contributed by atoms with Crippen LogP contribution in [0.3, 0.4) is 0 Å². The first-order valence-electron chi connectivity index (χ1n) is 9.18. The van der Waals surface area contributed by atoms with E-state index in [9.17, 15) is 14.4 Å². The number of nitrogens with zero attached hydrogens (tertiary/aromatic N) is 3. The van der Waals surface area contributed by atoms with Crippen molar-refractivity contribution < 1.29 is 19.1 Å². The average Bonchev–Trinajstić information content (AvgIpc) is 3.12. The Morgan fingerprint density at radius 1 is 1.32 bits per heavy atom. The van der Waals surface area contributed by atoms with Gasteiger partial charge < -0.3 is 15.0 Å². The molecule has 0 fully saturated rings. The lowest BCUT2D eigenvalue weighted by Gasteiger charge is -2.25. The van der Waals surface area contributed by atoms with Gasteiger partial charge in [-0.2, -0.15) is 5.10 Å². The van der Waals surface area contributed by atoms with Crippen LogP contribution in [0.5, 0.6) is 0 Å². The third-order valence-corrected chi connectivity index (χ3v) is 5.76. The highest BCUT2D eigenvalue weighted by molar-refractivity contribution is 7.17. The van der Waals surface area contributed by atoms with E-state index in [4.69, 9.17) is 4.74 Å². The van der Waals surface area contributed by atoms with Gasteiger partial charge in [-0.3, -0.25) is 14.3 Å². The molecule has 1 aliphatic rings. The van der Waals surface area contributed by atoms with E-state index in [1.807, 2.05) is 19.9 Å². The number of anilines is 1. The molecule has 1 aliphatic heterocycles. The highest BCUT2D eigenvalue weighted by Gasteiger charge is 2.30. The van der Waals surface area contributed by atoms with Crippen molar-refractivity contribution in [3.05, 3.63) is 33.5 Å². The van der Waals surface area contributed by atoms with Crippen molar-refractivity contribution in [1.82, 2.24) is 14.7 Å². The molecular weight excluding hydrogens is 380 g/mol. The van der Waals surface area contributed by atoms with Crippen LogP contribution in [0.15, 0.2) is 6.07 Å². The number of aromatic nitrogens is 2. The zero-order valence-corrected chi connectivity index (χ0v) is 17.3. The second-order valence-corrected chi connectivity index (χ2v) is 7.86. The molecule has 2 aromatic heterocycles. The summed E-state index contributed by atoms with van der Waals surface area (Å²) < 4.78 is 6.83. The third-order valence-electron chi connectivity index (χ3n) is 4.63. The first-order valence-corrected chi connectivity index (χ1v) is 9.99. The highest BCUT2D eigenvalue weighted by atomic mass is 32.1. The number of fused-ring (bicyclic) bond motifs is 1. The fourth-order valence-electron chi connectivity index (χ4n) is 3.32. The Balaban J connectivity index is 1.87. The van der Waals surface area contributed by atoms with Gasteiger partial charge >= 0.3 is 5.97 Å². The van der Waals surface area contributed by atoms with E-state index >= 15 is 0 Å². The molecule has 2 amide bonds. The first-order chi connectivity index (χ1) is 13.3. The Morgan fingerprint density at radius 3 is 2.68 bits per heavy atom. The fraction of sp³-hybridized carbons (Fsp3) is 0.474. The lowest BCUT2D eigenvalue weighted by Crippen LogP contribution is -2.34. The van der Waals surface area contributed by atoms with Crippen LogP contribution in [0, 0.1) is 13.8 Å². The zero-order chi connectivity index (χ0) is 20.4. The maximum Gasteiger partial charge on any atom is 0.341 e. The fourth-order valence-corrected chi connectivity index (χ4v) is 4.58. The Labute approximate surface area is 167 Å². The topological polar surface area (TPSA) is 93.5 Å². The maximum atomic E-state index is 12.6. The van der Waals surface area contributed by atoms with E-state index in [0.29, 0.717) is 30.1 Å². The van der Waals surface area contributed by atoms with Gasteiger partial charge in [-0.1, -0.05) is 0 Å². The predicted octanol–water partition coefficient (Wildman–Crippen LogP) is 2.28. The van der Waals surface area contributed by atoms with Crippen LogP contribution in [0.4, 0.5) is 5.00 Å². The van der Waals surface area contributed by atoms with Crippen LogP contribution in [0.25, 0.3) is 0 Å². The molecule has 0 aromatic carbocycles. The van der Waals surface area contributed by atoms with Gasteiger partial charge in [0, 0.05) is 24.0 Å². The van der Waals surface area contributed by atoms with Gasteiger partial charge in [-0.25, -0.2) is 4.79 Å². The number of ether oxygens (including phenoxy) is 1. The predicted molar refractivity (Wildman–Crippen MR) is 105 cm³/mol. The summed E-state index contributed by atoms with van der Waals surface area (Å²) in [6.45, 7) is 8.33. The molecule has 0 radical (unpaired) electrons. The number of hydrogen-bond donors (Lipinski definition) is 1. The van der Waals surface area contributed by atoms with Crippen LogP contribution >= 0.6 is 11.3 Å². The number of nitrogens with one attached hydrogen (secondary N) is 1. The van der Waals surface area contributed by atoms with Crippen LogP contribution in [-0.4, -0.2) is 45.6 Å². The molecule has 1 N–H and O–H groups in total. The number of carbonyl (C=O) groups excluding carboxylic acids is 3. The Kier molecular flexibility index (Phi) is 5.83. The summed E-state index contributed by atoms with van der Waals surface area (Å²) in [5.41, 5.74) is 3.00. The monoisotopic (exact) mass is 404 g/mol. The lowest BCUT2D eigenvalue weighted by molar-refractivity contribution is -0.129. The second-order valence-electron chi connectivity index (χ2n) is 6.75. The molecule has 150 valence electrons. The van der Waals surface area contributed by atoms with Crippen molar-refractivity contribution in [2.24, 2.45) is 0 Å². The van der Waals surface area contributed by atoms with Gasteiger partial charge in [0.15, 0.2) is 0 Å².